The topological polar surface area (TPSA) is 80.9 Å². The summed E-state index contributed by atoms with van der Waals surface area (Å²) in [5, 5.41) is 11.8. The molecule has 0 unspecified atom stereocenters. The van der Waals surface area contributed by atoms with Gasteiger partial charge in [-0.25, -0.2) is 0 Å². The average molecular weight is 200 g/mol. The Hall–Kier alpha value is -1.01. The fraction of sp³-hybridized carbons (Fsp3) is 0.571. The molecule has 0 aromatic carbocycles. The van der Waals surface area contributed by atoms with Gasteiger partial charge in [-0.2, -0.15) is 0 Å². The van der Waals surface area contributed by atoms with Gasteiger partial charge in [-0.15, -0.1) is 10.2 Å². The number of nitrogens with one attached hydrogen (secondary N) is 1. The molecule has 0 aliphatic heterocycles. The van der Waals surface area contributed by atoms with Gasteiger partial charge < -0.3 is 11.1 Å². The van der Waals surface area contributed by atoms with Crippen LogP contribution in [0.4, 0.5) is 5.13 Å². The second-order valence-electron chi connectivity index (χ2n) is 2.44. The van der Waals surface area contributed by atoms with Crippen LogP contribution in [0.25, 0.3) is 0 Å². The first-order valence-corrected chi connectivity index (χ1v) is 4.90. The maximum atomic E-state index is 11.1. The van der Waals surface area contributed by atoms with Gasteiger partial charge in [-0.05, 0) is 6.42 Å². The van der Waals surface area contributed by atoms with E-state index in [0.717, 1.165) is 11.4 Å². The van der Waals surface area contributed by atoms with E-state index < -0.39 is 0 Å². The van der Waals surface area contributed by atoms with Gasteiger partial charge in [-0.1, -0.05) is 18.3 Å². The molecule has 0 saturated heterocycles. The summed E-state index contributed by atoms with van der Waals surface area (Å²) in [7, 11) is 0. The number of hydrogen-bond acceptors (Lipinski definition) is 5. The Morgan fingerprint density at radius 1 is 1.62 bits per heavy atom. The van der Waals surface area contributed by atoms with E-state index in [9.17, 15) is 4.79 Å². The van der Waals surface area contributed by atoms with Crippen LogP contribution >= 0.6 is 11.3 Å². The highest BCUT2D eigenvalue weighted by Gasteiger charge is 2.05. The molecule has 0 bridgehead atoms. The number of anilines is 1. The van der Waals surface area contributed by atoms with Crippen molar-refractivity contribution >= 4 is 22.4 Å². The van der Waals surface area contributed by atoms with Gasteiger partial charge in [0.15, 0.2) is 0 Å². The Morgan fingerprint density at radius 2 is 2.38 bits per heavy atom. The molecule has 0 aliphatic rings. The molecule has 0 saturated carbocycles. The Kier molecular flexibility index (Phi) is 3.78. The van der Waals surface area contributed by atoms with E-state index >= 15 is 0 Å². The SMILES string of the molecule is CCc1nnc(NC(=O)CCN)s1. The number of hydrogen-bond donors (Lipinski definition) is 2. The van der Waals surface area contributed by atoms with E-state index in [0.29, 0.717) is 18.1 Å². The Morgan fingerprint density at radius 3 is 2.92 bits per heavy atom. The molecule has 0 spiro atoms. The van der Waals surface area contributed by atoms with Crippen LogP contribution in [-0.4, -0.2) is 22.6 Å². The molecular formula is C7H12N4OS. The van der Waals surface area contributed by atoms with E-state index in [1.54, 1.807) is 0 Å². The minimum Gasteiger partial charge on any atom is -0.330 e. The third-order valence-electron chi connectivity index (χ3n) is 1.39. The standard InChI is InChI=1S/C7H12N4OS/c1-2-6-10-11-7(13-6)9-5(12)3-4-8/h2-4,8H2,1H3,(H,9,11,12). The van der Waals surface area contributed by atoms with Crippen molar-refractivity contribution in [2.45, 2.75) is 19.8 Å². The summed E-state index contributed by atoms with van der Waals surface area (Å²) in [5.41, 5.74) is 5.22. The van der Waals surface area contributed by atoms with Crippen LogP contribution in [-0.2, 0) is 11.2 Å². The lowest BCUT2D eigenvalue weighted by Gasteiger charge is -1.96. The molecule has 1 aromatic heterocycles. The smallest absolute Gasteiger partial charge is 0.227 e. The largest absolute Gasteiger partial charge is 0.330 e. The molecule has 6 heteroatoms. The highest BCUT2D eigenvalue weighted by molar-refractivity contribution is 7.15. The summed E-state index contributed by atoms with van der Waals surface area (Å²) in [6.07, 6.45) is 1.16. The molecule has 72 valence electrons. The number of nitrogens with two attached hydrogens (primary N) is 1. The summed E-state index contributed by atoms with van der Waals surface area (Å²) in [4.78, 5) is 11.1. The molecule has 3 N–H and O–H groups in total. The number of carbonyl (C=O) groups excluding carboxylic acids is 1. The molecule has 0 fully saturated rings. The minimum absolute atomic E-state index is 0.110. The number of rotatable bonds is 4. The summed E-state index contributed by atoms with van der Waals surface area (Å²) in [6, 6.07) is 0. The van der Waals surface area contributed by atoms with Crippen LogP contribution in [0.15, 0.2) is 0 Å². The summed E-state index contributed by atoms with van der Waals surface area (Å²) >= 11 is 1.39. The molecule has 0 atom stereocenters. The fourth-order valence-electron chi connectivity index (χ4n) is 0.760. The van der Waals surface area contributed by atoms with E-state index in [1.807, 2.05) is 6.92 Å². The maximum absolute atomic E-state index is 11.1. The van der Waals surface area contributed by atoms with E-state index in [2.05, 4.69) is 15.5 Å². The lowest BCUT2D eigenvalue weighted by Crippen LogP contribution is -2.15. The zero-order valence-electron chi connectivity index (χ0n) is 7.41. The first-order chi connectivity index (χ1) is 6.26. The van der Waals surface area contributed by atoms with Crippen molar-refractivity contribution in [3.05, 3.63) is 5.01 Å². The summed E-state index contributed by atoms with van der Waals surface area (Å²) < 4.78 is 0. The highest BCUT2D eigenvalue weighted by atomic mass is 32.1. The molecule has 0 aliphatic carbocycles. The first kappa shape index (κ1) is 10.1. The number of carbonyl (C=O) groups is 1. The summed E-state index contributed by atoms with van der Waals surface area (Å²) in [5.74, 6) is -0.110. The van der Waals surface area contributed by atoms with E-state index in [-0.39, 0.29) is 5.91 Å². The first-order valence-electron chi connectivity index (χ1n) is 4.08. The summed E-state index contributed by atoms with van der Waals surface area (Å²) in [6.45, 7) is 2.34. The Bertz CT molecular complexity index is 286. The minimum atomic E-state index is -0.110. The average Bonchev–Trinajstić information content (AvgIpc) is 2.52. The Balaban J connectivity index is 2.49. The predicted octanol–water partition coefficient (Wildman–Crippen LogP) is 0.388. The van der Waals surface area contributed by atoms with Crippen LogP contribution in [0.3, 0.4) is 0 Å². The quantitative estimate of drug-likeness (QED) is 0.736. The van der Waals surface area contributed by atoms with Gasteiger partial charge >= 0.3 is 0 Å². The van der Waals surface area contributed by atoms with Crippen molar-refractivity contribution in [2.75, 3.05) is 11.9 Å². The number of amides is 1. The van der Waals surface area contributed by atoms with Crippen LogP contribution in [0.1, 0.15) is 18.4 Å². The molecule has 1 rings (SSSR count). The van der Waals surface area contributed by atoms with Gasteiger partial charge in [0.2, 0.25) is 11.0 Å². The molecule has 13 heavy (non-hydrogen) atoms. The number of nitrogens with zero attached hydrogens (tertiary/aromatic N) is 2. The van der Waals surface area contributed by atoms with Gasteiger partial charge in [0.05, 0.1) is 0 Å². The van der Waals surface area contributed by atoms with Gasteiger partial charge in [0, 0.05) is 13.0 Å². The van der Waals surface area contributed by atoms with Crippen molar-refractivity contribution in [3.8, 4) is 0 Å². The van der Waals surface area contributed by atoms with Gasteiger partial charge in [-0.3, -0.25) is 4.79 Å². The van der Waals surface area contributed by atoms with Gasteiger partial charge in [0.1, 0.15) is 5.01 Å². The number of aromatic nitrogens is 2. The zero-order chi connectivity index (χ0) is 9.68. The predicted molar refractivity (Wildman–Crippen MR) is 51.6 cm³/mol. The van der Waals surface area contributed by atoms with Crippen molar-refractivity contribution in [1.29, 1.82) is 0 Å². The normalized spacial score (nSPS) is 10.0. The van der Waals surface area contributed by atoms with Gasteiger partial charge in [0.25, 0.3) is 0 Å². The third-order valence-corrected chi connectivity index (χ3v) is 2.37. The maximum Gasteiger partial charge on any atom is 0.227 e. The molecule has 1 heterocycles. The lowest BCUT2D eigenvalue weighted by atomic mass is 10.4. The second kappa shape index (κ2) is 4.88. The van der Waals surface area contributed by atoms with E-state index in [4.69, 9.17) is 5.73 Å². The van der Waals surface area contributed by atoms with Crippen molar-refractivity contribution < 1.29 is 4.79 Å². The Labute approximate surface area is 80.4 Å². The van der Waals surface area contributed by atoms with E-state index in [1.165, 1.54) is 11.3 Å². The van der Waals surface area contributed by atoms with Crippen molar-refractivity contribution in [1.82, 2.24) is 10.2 Å². The second-order valence-corrected chi connectivity index (χ2v) is 3.50. The van der Waals surface area contributed by atoms with Crippen molar-refractivity contribution in [2.24, 2.45) is 5.73 Å². The lowest BCUT2D eigenvalue weighted by molar-refractivity contribution is -0.116. The third kappa shape index (κ3) is 3.08. The van der Waals surface area contributed by atoms with Crippen LogP contribution in [0, 0.1) is 0 Å². The molecule has 1 amide bonds. The van der Waals surface area contributed by atoms with Crippen LogP contribution < -0.4 is 11.1 Å². The molecule has 5 nitrogen and oxygen atoms in total. The molecule has 0 radical (unpaired) electrons. The van der Waals surface area contributed by atoms with Crippen LogP contribution in [0.2, 0.25) is 0 Å². The highest BCUT2D eigenvalue weighted by Crippen LogP contribution is 2.15. The monoisotopic (exact) mass is 200 g/mol. The molecular weight excluding hydrogens is 188 g/mol. The molecule has 1 aromatic rings. The van der Waals surface area contributed by atoms with Crippen molar-refractivity contribution in [3.63, 3.8) is 0 Å². The zero-order valence-corrected chi connectivity index (χ0v) is 8.23. The number of aryl methyl sites for hydroxylation is 1. The van der Waals surface area contributed by atoms with Crippen LogP contribution in [0.5, 0.6) is 0 Å². The fourth-order valence-corrected chi connectivity index (χ4v) is 1.46.